The Labute approximate surface area is 262 Å². The number of rotatable bonds is 11. The predicted octanol–water partition coefficient (Wildman–Crippen LogP) is 6.96. The molecule has 3 saturated carbocycles. The van der Waals surface area contributed by atoms with Crippen LogP contribution < -0.4 is 11.5 Å². The summed E-state index contributed by atoms with van der Waals surface area (Å²) in [6.07, 6.45) is 14.5. The van der Waals surface area contributed by atoms with Gasteiger partial charge >= 0.3 is 5.97 Å². The van der Waals surface area contributed by atoms with Gasteiger partial charge in [0, 0.05) is 6.42 Å². The molecule has 10 atom stereocenters. The minimum atomic E-state index is -1.56. The molecule has 43 heavy (non-hydrogen) atoms. The molecule has 0 aromatic carbocycles. The highest BCUT2D eigenvalue weighted by molar-refractivity contribution is 5.95. The highest BCUT2D eigenvalue weighted by Crippen LogP contribution is 2.67. The topological polar surface area (TPSA) is 116 Å². The number of esters is 1. The lowest BCUT2D eigenvalue weighted by Crippen LogP contribution is -2.58. The number of fused-ring (bicyclic) bond motifs is 5. The van der Waals surface area contributed by atoms with Gasteiger partial charge in [-0.1, -0.05) is 65.5 Å². The summed E-state index contributed by atoms with van der Waals surface area (Å²) < 4.78 is 5.58. The van der Waals surface area contributed by atoms with Crippen LogP contribution in [0.5, 0.6) is 0 Å². The molecule has 246 valence electrons. The van der Waals surface area contributed by atoms with Gasteiger partial charge in [0.05, 0.1) is 12.0 Å². The zero-order valence-corrected chi connectivity index (χ0v) is 28.7. The zero-order valence-electron chi connectivity index (χ0n) is 28.7. The lowest BCUT2D eigenvalue weighted by Gasteiger charge is -2.59. The number of hydrogen-bond donors (Lipinski definition) is 3. The number of ketones is 1. The minimum absolute atomic E-state index is 0.00362. The van der Waals surface area contributed by atoms with Crippen molar-refractivity contribution >= 4 is 11.8 Å². The number of nitrogens with two attached hydrogens (primary N) is 2. The van der Waals surface area contributed by atoms with Gasteiger partial charge in [0.1, 0.15) is 11.2 Å². The predicted molar refractivity (Wildman–Crippen MR) is 174 cm³/mol. The van der Waals surface area contributed by atoms with Crippen LogP contribution in [-0.4, -0.2) is 40.6 Å². The van der Waals surface area contributed by atoms with E-state index >= 15 is 0 Å². The molecule has 0 bridgehead atoms. The van der Waals surface area contributed by atoms with Gasteiger partial charge in [-0.25, -0.2) is 0 Å². The van der Waals surface area contributed by atoms with Crippen LogP contribution in [0.15, 0.2) is 11.6 Å². The van der Waals surface area contributed by atoms with Crippen molar-refractivity contribution in [3.05, 3.63) is 11.6 Å². The summed E-state index contributed by atoms with van der Waals surface area (Å²) in [4.78, 5) is 26.8. The van der Waals surface area contributed by atoms with Crippen molar-refractivity contribution in [3.8, 4) is 0 Å². The molecule has 4 rings (SSSR count). The Morgan fingerprint density at radius 3 is 2.35 bits per heavy atom. The van der Waals surface area contributed by atoms with E-state index in [0.717, 1.165) is 36.5 Å². The monoisotopic (exact) mass is 600 g/mol. The molecule has 0 heterocycles. The molecule has 0 saturated heterocycles. The van der Waals surface area contributed by atoms with Crippen molar-refractivity contribution in [1.29, 1.82) is 0 Å². The lowest BCUT2D eigenvalue weighted by atomic mass is 9.46. The standard InChI is InChI=1S/C37H64N2O4/c1-23(2)10-9-11-24(3)28-14-15-29-26-13-12-25-22-37(42,20-19-35(25,7)30(26)16-18-36(28,29)8)32(40)31(39)27(17-21-38)33(41)43-34(4,5)6/h12,23-24,26-31,42H,9-11,13-22,38-39H2,1-8H3/t24-,26+,27?,28-,29+,30+,31+,35+,36-,37+/m1/s1. The first kappa shape index (κ1) is 34.6. The second-order valence-electron chi connectivity index (χ2n) is 17.1. The van der Waals surface area contributed by atoms with Gasteiger partial charge < -0.3 is 21.3 Å². The number of aliphatic hydroxyl groups is 1. The number of ether oxygens (including phenoxy) is 1. The van der Waals surface area contributed by atoms with Crippen molar-refractivity contribution in [2.24, 2.45) is 63.7 Å². The molecule has 4 aliphatic carbocycles. The Morgan fingerprint density at radius 1 is 1.02 bits per heavy atom. The number of allylic oxidation sites excluding steroid dienone is 1. The number of hydrogen-bond acceptors (Lipinski definition) is 6. The molecule has 0 aliphatic heterocycles. The summed E-state index contributed by atoms with van der Waals surface area (Å²) in [6.45, 7) is 17.8. The molecule has 0 spiro atoms. The molecule has 5 N–H and O–H groups in total. The maximum atomic E-state index is 13.8. The average Bonchev–Trinajstić information content (AvgIpc) is 3.27. The molecule has 0 aromatic heterocycles. The first-order valence-corrected chi connectivity index (χ1v) is 17.6. The van der Waals surface area contributed by atoms with Crippen molar-refractivity contribution < 1.29 is 19.4 Å². The van der Waals surface area contributed by atoms with E-state index < -0.39 is 34.9 Å². The third kappa shape index (κ3) is 6.82. The third-order valence-electron chi connectivity index (χ3n) is 12.7. The molecular weight excluding hydrogens is 536 g/mol. The molecule has 0 amide bonds. The minimum Gasteiger partial charge on any atom is -0.460 e. The normalized spacial score (nSPS) is 37.9. The molecule has 6 heteroatoms. The SMILES string of the molecule is CC(C)CCC[C@@H](C)[C@H]1CC[C@H]2[C@@H]3CC=C4C[C@](O)(C(=O)[C@@H](N)C(CCN)C(=O)OC(C)(C)C)CC[C@]4(C)[C@H]3CC[C@]12C. The highest BCUT2D eigenvalue weighted by Gasteiger charge is 2.61. The fourth-order valence-corrected chi connectivity index (χ4v) is 10.4. The number of Topliss-reactive ketones (excluding diaryl/α,β-unsaturated/α-hetero) is 1. The lowest BCUT2D eigenvalue weighted by molar-refractivity contribution is -0.164. The van der Waals surface area contributed by atoms with Crippen LogP contribution in [0, 0.1) is 52.3 Å². The fraction of sp³-hybridized carbons (Fsp3) is 0.892. The summed E-state index contributed by atoms with van der Waals surface area (Å²) in [7, 11) is 0. The summed E-state index contributed by atoms with van der Waals surface area (Å²) in [5.74, 6) is 2.63. The summed E-state index contributed by atoms with van der Waals surface area (Å²) in [5, 5.41) is 11.8. The van der Waals surface area contributed by atoms with E-state index in [0.29, 0.717) is 30.1 Å². The van der Waals surface area contributed by atoms with Crippen molar-refractivity contribution in [2.75, 3.05) is 6.54 Å². The van der Waals surface area contributed by atoms with E-state index in [1.807, 2.05) is 0 Å². The van der Waals surface area contributed by atoms with Gasteiger partial charge in [-0.2, -0.15) is 0 Å². The van der Waals surface area contributed by atoms with E-state index in [-0.39, 0.29) is 18.4 Å². The molecule has 1 unspecified atom stereocenters. The maximum absolute atomic E-state index is 13.8. The van der Waals surface area contributed by atoms with Crippen molar-refractivity contribution in [2.45, 2.75) is 150 Å². The van der Waals surface area contributed by atoms with Gasteiger partial charge in [0.15, 0.2) is 5.78 Å². The van der Waals surface area contributed by atoms with Crippen LogP contribution in [0.4, 0.5) is 0 Å². The first-order valence-electron chi connectivity index (χ1n) is 17.6. The van der Waals surface area contributed by atoms with Crippen molar-refractivity contribution in [1.82, 2.24) is 0 Å². The second kappa shape index (κ2) is 12.9. The van der Waals surface area contributed by atoms with Crippen LogP contribution in [0.3, 0.4) is 0 Å². The Balaban J connectivity index is 1.48. The Bertz CT molecular complexity index is 1050. The van der Waals surface area contributed by atoms with E-state index in [2.05, 4.69) is 40.7 Å². The summed E-state index contributed by atoms with van der Waals surface area (Å²) in [5.41, 5.74) is 11.7. The number of carbonyl (C=O) groups excluding carboxylic acids is 2. The maximum Gasteiger partial charge on any atom is 0.311 e. The largest absolute Gasteiger partial charge is 0.460 e. The fourth-order valence-electron chi connectivity index (χ4n) is 10.4. The molecule has 4 aliphatic rings. The van der Waals surface area contributed by atoms with Gasteiger partial charge in [0.25, 0.3) is 0 Å². The van der Waals surface area contributed by atoms with Crippen LogP contribution >= 0.6 is 0 Å². The van der Waals surface area contributed by atoms with Gasteiger partial charge in [0.2, 0.25) is 0 Å². The number of carbonyl (C=O) groups is 2. The van der Waals surface area contributed by atoms with Crippen molar-refractivity contribution in [3.63, 3.8) is 0 Å². The van der Waals surface area contributed by atoms with E-state index in [1.165, 1.54) is 50.5 Å². The van der Waals surface area contributed by atoms with Crippen LogP contribution in [0.1, 0.15) is 132 Å². The van der Waals surface area contributed by atoms with E-state index in [4.69, 9.17) is 16.2 Å². The van der Waals surface area contributed by atoms with E-state index in [1.54, 1.807) is 20.8 Å². The van der Waals surface area contributed by atoms with Gasteiger partial charge in [-0.15, -0.1) is 0 Å². The van der Waals surface area contributed by atoms with E-state index in [9.17, 15) is 14.7 Å². The molecular formula is C37H64N2O4. The third-order valence-corrected chi connectivity index (χ3v) is 12.7. The average molecular weight is 601 g/mol. The molecule has 0 radical (unpaired) electrons. The summed E-state index contributed by atoms with van der Waals surface area (Å²) in [6, 6.07) is -1.14. The Hall–Kier alpha value is -1.24. The quantitative estimate of drug-likeness (QED) is 0.174. The smallest absolute Gasteiger partial charge is 0.311 e. The summed E-state index contributed by atoms with van der Waals surface area (Å²) >= 11 is 0. The van der Waals surface area contributed by atoms with Crippen LogP contribution in [-0.2, 0) is 14.3 Å². The molecule has 0 aromatic rings. The highest BCUT2D eigenvalue weighted by atomic mass is 16.6. The molecule has 6 nitrogen and oxygen atoms in total. The Morgan fingerprint density at radius 2 is 1.72 bits per heavy atom. The first-order chi connectivity index (χ1) is 20.0. The van der Waals surface area contributed by atoms with Crippen LogP contribution in [0.2, 0.25) is 0 Å². The second-order valence-corrected chi connectivity index (χ2v) is 17.1. The zero-order chi connectivity index (χ0) is 32.0. The molecule has 3 fully saturated rings. The van der Waals surface area contributed by atoms with Gasteiger partial charge in [-0.05, 0) is 125 Å². The van der Waals surface area contributed by atoms with Crippen LogP contribution in [0.25, 0.3) is 0 Å². The Kier molecular flexibility index (Phi) is 10.4. The van der Waals surface area contributed by atoms with Gasteiger partial charge in [-0.3, -0.25) is 9.59 Å².